The third-order valence-corrected chi connectivity index (χ3v) is 6.90. The molecule has 0 aliphatic carbocycles. The van der Waals surface area contributed by atoms with Gasteiger partial charge < -0.3 is 34.1 Å². The second-order valence-corrected chi connectivity index (χ2v) is 12.0. The average Bonchev–Trinajstić information content (AvgIpc) is 3.01. The van der Waals surface area contributed by atoms with Gasteiger partial charge in [0.25, 0.3) is 11.5 Å². The molecular weight excluding hydrogens is 655 g/mol. The van der Waals surface area contributed by atoms with Crippen LogP contribution in [0.2, 0.25) is 10.0 Å². The molecule has 0 aliphatic heterocycles. The molecule has 256 valence electrons. The van der Waals surface area contributed by atoms with Crippen LogP contribution >= 0.6 is 23.2 Å². The number of hydrogen-bond donors (Lipinski definition) is 2. The highest BCUT2D eigenvalue weighted by atomic mass is 35.5. The van der Waals surface area contributed by atoms with Crippen LogP contribution in [0.1, 0.15) is 36.7 Å². The van der Waals surface area contributed by atoms with E-state index < -0.39 is 23.5 Å². The molecular formula is C32H40Cl2N4O9. The van der Waals surface area contributed by atoms with Crippen molar-refractivity contribution < 1.29 is 38.4 Å². The lowest BCUT2D eigenvalue weighted by atomic mass is 10.0. The third-order valence-electron chi connectivity index (χ3n) is 6.33. The molecule has 2 aromatic heterocycles. The fraction of sp³-hybridized carbons (Fsp3) is 0.469. The summed E-state index contributed by atoms with van der Waals surface area (Å²) in [6.45, 7) is 7.35. The summed E-state index contributed by atoms with van der Waals surface area (Å²) in [5.41, 5.74) is 0.381. The van der Waals surface area contributed by atoms with Crippen LogP contribution in [0.4, 0.5) is 0 Å². The molecule has 1 amide bonds. The van der Waals surface area contributed by atoms with Crippen molar-refractivity contribution in [2.75, 3.05) is 52.9 Å². The lowest BCUT2D eigenvalue weighted by Crippen LogP contribution is -2.45. The number of carbonyl (C=O) groups excluding carboxylic acids is 2. The van der Waals surface area contributed by atoms with E-state index in [4.69, 9.17) is 52.0 Å². The molecule has 47 heavy (non-hydrogen) atoms. The highest BCUT2D eigenvalue weighted by molar-refractivity contribution is 6.39. The van der Waals surface area contributed by atoms with Crippen LogP contribution in [0.3, 0.4) is 0 Å². The zero-order valence-electron chi connectivity index (χ0n) is 26.8. The predicted octanol–water partition coefficient (Wildman–Crippen LogP) is 3.25. The van der Waals surface area contributed by atoms with Crippen molar-refractivity contribution in [2.24, 2.45) is 7.05 Å². The number of amides is 1. The van der Waals surface area contributed by atoms with E-state index in [-0.39, 0.29) is 59.8 Å². The minimum Gasteiger partial charge on any atom is -0.489 e. The van der Waals surface area contributed by atoms with E-state index >= 15 is 0 Å². The smallest absolute Gasteiger partial charge is 0.329 e. The fourth-order valence-corrected chi connectivity index (χ4v) is 4.72. The van der Waals surface area contributed by atoms with Gasteiger partial charge in [-0.3, -0.25) is 14.6 Å². The van der Waals surface area contributed by atoms with E-state index in [9.17, 15) is 14.4 Å². The Kier molecular flexibility index (Phi) is 15.0. The highest BCUT2D eigenvalue weighted by Crippen LogP contribution is 2.27. The number of hydrogen-bond acceptors (Lipinski definition) is 11. The van der Waals surface area contributed by atoms with E-state index in [0.717, 1.165) is 0 Å². The van der Waals surface area contributed by atoms with E-state index in [2.05, 4.69) is 15.4 Å². The number of pyridine rings is 1. The van der Waals surface area contributed by atoms with E-state index in [1.165, 1.54) is 30.3 Å². The summed E-state index contributed by atoms with van der Waals surface area (Å²) in [4.78, 5) is 43.2. The number of aliphatic hydroxyl groups is 1. The number of rotatable bonds is 18. The largest absolute Gasteiger partial charge is 0.489 e. The molecule has 0 fully saturated rings. The molecule has 0 saturated heterocycles. The third kappa shape index (κ3) is 12.2. The number of halogens is 2. The summed E-state index contributed by atoms with van der Waals surface area (Å²) in [7, 11) is 1.54. The molecule has 15 heteroatoms. The molecule has 0 radical (unpaired) electrons. The van der Waals surface area contributed by atoms with Crippen LogP contribution in [0.5, 0.6) is 5.75 Å². The van der Waals surface area contributed by atoms with Crippen LogP contribution in [0.15, 0.2) is 47.7 Å². The summed E-state index contributed by atoms with van der Waals surface area (Å²) in [6, 6.07) is 5.86. The molecule has 1 atom stereocenters. The van der Waals surface area contributed by atoms with Crippen molar-refractivity contribution in [1.29, 1.82) is 0 Å². The molecule has 3 rings (SSSR count). The number of ether oxygens (including phenoxy) is 5. The Labute approximate surface area is 283 Å². The molecule has 3 aromatic rings. The van der Waals surface area contributed by atoms with Crippen molar-refractivity contribution in [3.63, 3.8) is 0 Å². The van der Waals surface area contributed by atoms with Gasteiger partial charge in [-0.15, -0.1) is 0 Å². The van der Waals surface area contributed by atoms with Crippen molar-refractivity contribution >= 4 is 35.1 Å². The SMILES string of the molecule is Cn1ncc(OCCOCCOCCOCCO)c(-c2ccc(C[C@H](NC(=O)c3c(Cl)cncc3Cl)C(=O)OC(C)(C)C)cc2)c1=O. The molecule has 0 saturated carbocycles. The summed E-state index contributed by atoms with van der Waals surface area (Å²) in [5.74, 6) is -1.01. The van der Waals surface area contributed by atoms with Crippen LogP contribution in [0.25, 0.3) is 11.1 Å². The number of benzene rings is 1. The summed E-state index contributed by atoms with van der Waals surface area (Å²) < 4.78 is 28.7. The lowest BCUT2D eigenvalue weighted by Gasteiger charge is -2.25. The molecule has 0 bridgehead atoms. The van der Waals surface area contributed by atoms with Gasteiger partial charge in [0, 0.05) is 25.9 Å². The van der Waals surface area contributed by atoms with E-state index in [1.54, 1.807) is 45.0 Å². The van der Waals surface area contributed by atoms with Crippen molar-refractivity contribution in [2.45, 2.75) is 38.8 Å². The van der Waals surface area contributed by atoms with Crippen LogP contribution in [-0.4, -0.2) is 96.2 Å². The maximum Gasteiger partial charge on any atom is 0.329 e. The average molecular weight is 696 g/mol. The molecule has 2 N–H and O–H groups in total. The fourth-order valence-electron chi connectivity index (χ4n) is 4.18. The Morgan fingerprint density at radius 1 is 0.915 bits per heavy atom. The Hall–Kier alpha value is -3.59. The number of carbonyl (C=O) groups is 2. The zero-order valence-corrected chi connectivity index (χ0v) is 28.3. The first-order valence-corrected chi connectivity index (χ1v) is 15.6. The summed E-state index contributed by atoms with van der Waals surface area (Å²) >= 11 is 12.3. The molecule has 0 spiro atoms. The summed E-state index contributed by atoms with van der Waals surface area (Å²) in [5, 5.41) is 15.5. The van der Waals surface area contributed by atoms with Crippen LogP contribution in [0, 0.1) is 0 Å². The quantitative estimate of drug-likeness (QED) is 0.149. The molecule has 0 aliphatic rings. The Bertz CT molecular complexity index is 1510. The van der Waals surface area contributed by atoms with Crippen LogP contribution in [-0.2, 0) is 37.2 Å². The maximum atomic E-state index is 13.1. The Balaban J connectivity index is 1.68. The van der Waals surface area contributed by atoms with Gasteiger partial charge in [-0.05, 0) is 31.9 Å². The van der Waals surface area contributed by atoms with Gasteiger partial charge in [0.2, 0.25) is 0 Å². The molecule has 13 nitrogen and oxygen atoms in total. The number of aryl methyl sites for hydroxylation is 1. The predicted molar refractivity (Wildman–Crippen MR) is 175 cm³/mol. The second kappa shape index (κ2) is 18.7. The Morgan fingerprint density at radius 3 is 2.06 bits per heavy atom. The number of nitrogens with one attached hydrogen (secondary N) is 1. The van der Waals surface area contributed by atoms with Gasteiger partial charge in [0.15, 0.2) is 5.75 Å². The normalized spacial score (nSPS) is 12.1. The minimum atomic E-state index is -1.08. The van der Waals surface area contributed by atoms with Gasteiger partial charge >= 0.3 is 5.97 Å². The number of nitrogens with zero attached hydrogens (tertiary/aromatic N) is 3. The van der Waals surface area contributed by atoms with Gasteiger partial charge in [-0.1, -0.05) is 47.5 Å². The standard InChI is InChI=1S/C32H40Cl2N4O9/c1-32(2,3)47-31(42)25(37-29(40)28-23(33)18-35-19-24(28)34)17-21-5-7-22(8-6-21)27-26(20-36-38(4)30(27)41)46-16-15-45-14-13-44-12-11-43-10-9-39/h5-8,18-20,25,39H,9-17H2,1-4H3,(H,37,40)/t25-/m0/s1. The highest BCUT2D eigenvalue weighted by Gasteiger charge is 2.29. The first-order valence-electron chi connectivity index (χ1n) is 14.9. The van der Waals surface area contributed by atoms with Crippen molar-refractivity contribution in [3.05, 3.63) is 74.4 Å². The first kappa shape index (κ1) is 37.9. The monoisotopic (exact) mass is 694 g/mol. The number of aromatic nitrogens is 3. The lowest BCUT2D eigenvalue weighted by molar-refractivity contribution is -0.157. The van der Waals surface area contributed by atoms with E-state index in [0.29, 0.717) is 43.1 Å². The zero-order chi connectivity index (χ0) is 34.4. The summed E-state index contributed by atoms with van der Waals surface area (Å²) in [6.07, 6.45) is 4.11. The van der Waals surface area contributed by atoms with E-state index in [1.807, 2.05) is 0 Å². The van der Waals surface area contributed by atoms with Gasteiger partial charge in [-0.25, -0.2) is 9.48 Å². The van der Waals surface area contributed by atoms with Crippen molar-refractivity contribution in [3.8, 4) is 16.9 Å². The van der Waals surface area contributed by atoms with Gasteiger partial charge in [0.05, 0.1) is 73.6 Å². The minimum absolute atomic E-state index is 0.00700. The number of aliphatic hydroxyl groups excluding tert-OH is 1. The topological polar surface area (TPSA) is 160 Å². The van der Waals surface area contributed by atoms with Crippen molar-refractivity contribution in [1.82, 2.24) is 20.1 Å². The van der Waals surface area contributed by atoms with Gasteiger partial charge in [-0.2, -0.15) is 5.10 Å². The number of esters is 1. The molecule has 1 aromatic carbocycles. The molecule has 0 unspecified atom stereocenters. The first-order chi connectivity index (χ1) is 22.4. The molecule has 2 heterocycles. The second-order valence-electron chi connectivity index (χ2n) is 11.2. The van der Waals surface area contributed by atoms with Gasteiger partial charge in [0.1, 0.15) is 18.2 Å². The Morgan fingerprint density at radius 2 is 1.49 bits per heavy atom. The van der Waals surface area contributed by atoms with Crippen LogP contribution < -0.4 is 15.6 Å². The maximum absolute atomic E-state index is 13.1.